The van der Waals surface area contributed by atoms with E-state index < -0.39 is 42.0 Å². The molecule has 10 heteroatoms. The predicted octanol–water partition coefficient (Wildman–Crippen LogP) is 2.50. The van der Waals surface area contributed by atoms with Crippen molar-refractivity contribution in [3.8, 4) is 11.6 Å². The van der Waals surface area contributed by atoms with Crippen molar-refractivity contribution in [2.24, 2.45) is 0 Å². The first kappa shape index (κ1) is 15.3. The van der Waals surface area contributed by atoms with Crippen molar-refractivity contribution in [2.75, 3.05) is 7.11 Å². The smallest absolute Gasteiger partial charge is 0.478 e. The Balaban J connectivity index is 3.38. The lowest BCUT2D eigenvalue weighted by Crippen LogP contribution is -2.20. The normalized spacial score (nSPS) is 12.4. The van der Waals surface area contributed by atoms with Crippen LogP contribution in [0.4, 0.5) is 26.3 Å². The number of halogens is 6. The summed E-state index contributed by atoms with van der Waals surface area (Å²) in [4.78, 5) is 2.87. The van der Waals surface area contributed by atoms with Gasteiger partial charge in [-0.2, -0.15) is 13.2 Å². The van der Waals surface area contributed by atoms with Gasteiger partial charge < -0.3 is 14.6 Å². The molecule has 0 aliphatic heterocycles. The Morgan fingerprint density at radius 1 is 1.21 bits per heavy atom. The van der Waals surface area contributed by atoms with Crippen molar-refractivity contribution in [1.29, 1.82) is 0 Å². The van der Waals surface area contributed by atoms with Crippen molar-refractivity contribution in [2.45, 2.75) is 19.1 Å². The summed E-state index contributed by atoms with van der Waals surface area (Å²) in [7, 11) is 0.826. The first-order valence-corrected chi connectivity index (χ1v) is 4.60. The van der Waals surface area contributed by atoms with Gasteiger partial charge in [-0.3, -0.25) is 0 Å². The Morgan fingerprint density at radius 2 is 1.79 bits per heavy atom. The highest BCUT2D eigenvalue weighted by molar-refractivity contribution is 5.43. The molecule has 0 saturated carbocycles. The molecule has 108 valence electrons. The van der Waals surface area contributed by atoms with Gasteiger partial charge in [0, 0.05) is 5.56 Å². The zero-order valence-electron chi connectivity index (χ0n) is 9.26. The molecule has 1 aromatic rings. The van der Waals surface area contributed by atoms with Crippen LogP contribution in [0.2, 0.25) is 0 Å². The molecular weight excluding hydrogens is 284 g/mol. The summed E-state index contributed by atoms with van der Waals surface area (Å²) in [5.74, 6) is -2.12. The number of methoxy groups -OCH3 is 1. The molecule has 1 aromatic heterocycles. The number of aromatic nitrogens is 1. The number of ether oxygens (including phenoxy) is 2. The van der Waals surface area contributed by atoms with Crippen molar-refractivity contribution >= 4 is 0 Å². The number of pyridine rings is 1. The lowest BCUT2D eigenvalue weighted by Gasteiger charge is -2.16. The van der Waals surface area contributed by atoms with E-state index >= 15 is 0 Å². The summed E-state index contributed by atoms with van der Waals surface area (Å²) >= 11 is 0. The van der Waals surface area contributed by atoms with E-state index in [1.54, 1.807) is 0 Å². The Morgan fingerprint density at radius 3 is 2.16 bits per heavy atom. The molecule has 0 amide bonds. The number of aliphatic hydroxyl groups is 1. The first-order chi connectivity index (χ1) is 8.58. The fourth-order valence-electron chi connectivity index (χ4n) is 1.19. The number of aliphatic hydroxyl groups excluding tert-OH is 1. The largest absolute Gasteiger partial charge is 0.573 e. The second-order valence-electron chi connectivity index (χ2n) is 3.21. The SMILES string of the molecule is COc1nc(C(F)(F)F)cc(CO)c1OC(F)(F)F. The third-order valence-corrected chi connectivity index (χ3v) is 1.89. The Kier molecular flexibility index (Phi) is 4.13. The molecule has 1 N–H and O–H groups in total. The van der Waals surface area contributed by atoms with Gasteiger partial charge in [-0.05, 0) is 6.07 Å². The number of nitrogens with zero attached hydrogens (tertiary/aromatic N) is 1. The maximum Gasteiger partial charge on any atom is 0.573 e. The van der Waals surface area contributed by atoms with Crippen LogP contribution in [0.1, 0.15) is 11.3 Å². The van der Waals surface area contributed by atoms with Crippen molar-refractivity contribution in [3.63, 3.8) is 0 Å². The maximum absolute atomic E-state index is 12.4. The van der Waals surface area contributed by atoms with Gasteiger partial charge in [0.15, 0.2) is 5.75 Å². The maximum atomic E-state index is 12.4. The van der Waals surface area contributed by atoms with Crippen LogP contribution in [-0.4, -0.2) is 23.6 Å². The lowest BCUT2D eigenvalue weighted by molar-refractivity contribution is -0.275. The van der Waals surface area contributed by atoms with Crippen molar-refractivity contribution in [3.05, 3.63) is 17.3 Å². The van der Waals surface area contributed by atoms with Crippen LogP contribution in [-0.2, 0) is 12.8 Å². The molecule has 0 aromatic carbocycles. The highest BCUT2D eigenvalue weighted by Gasteiger charge is 2.38. The zero-order valence-corrected chi connectivity index (χ0v) is 9.26. The molecular formula is C9H7F6NO3. The quantitative estimate of drug-likeness (QED) is 0.869. The van der Waals surface area contributed by atoms with E-state index in [1.165, 1.54) is 0 Å². The molecule has 0 unspecified atom stereocenters. The van der Waals surface area contributed by atoms with E-state index in [2.05, 4.69) is 14.5 Å². The molecule has 0 fully saturated rings. The van der Waals surface area contributed by atoms with Crippen LogP contribution in [0.15, 0.2) is 6.07 Å². The van der Waals surface area contributed by atoms with E-state index in [9.17, 15) is 26.3 Å². The van der Waals surface area contributed by atoms with Crippen LogP contribution in [0.5, 0.6) is 11.6 Å². The van der Waals surface area contributed by atoms with Gasteiger partial charge in [-0.15, -0.1) is 13.2 Å². The van der Waals surface area contributed by atoms with Gasteiger partial charge in [0.25, 0.3) is 5.88 Å². The second kappa shape index (κ2) is 5.11. The Bertz CT molecular complexity index is 431. The molecule has 0 saturated heterocycles. The van der Waals surface area contributed by atoms with E-state index in [-0.39, 0.29) is 6.07 Å². The molecule has 0 atom stereocenters. The van der Waals surface area contributed by atoms with Crippen molar-refractivity contribution in [1.82, 2.24) is 4.98 Å². The van der Waals surface area contributed by atoms with Gasteiger partial charge >= 0.3 is 12.5 Å². The molecule has 1 rings (SSSR count). The van der Waals surface area contributed by atoms with E-state index in [0.29, 0.717) is 0 Å². The summed E-state index contributed by atoms with van der Waals surface area (Å²) in [5, 5.41) is 8.83. The molecule has 19 heavy (non-hydrogen) atoms. The average molecular weight is 291 g/mol. The Labute approximate surface area is 102 Å². The van der Waals surface area contributed by atoms with Gasteiger partial charge in [0.2, 0.25) is 0 Å². The summed E-state index contributed by atoms with van der Waals surface area (Å²) in [6.45, 7) is -1.10. The standard InChI is InChI=1S/C9H7F6NO3/c1-18-7-6(19-9(13,14)15)4(3-17)2-5(16-7)8(10,11)12/h2,17H,3H2,1H3. The van der Waals surface area contributed by atoms with Crippen LogP contribution in [0, 0.1) is 0 Å². The number of hydrogen-bond donors (Lipinski definition) is 1. The molecule has 4 nitrogen and oxygen atoms in total. The van der Waals surface area contributed by atoms with E-state index in [1.807, 2.05) is 0 Å². The summed E-state index contributed by atoms with van der Waals surface area (Å²) in [6.07, 6.45) is -10.0. The number of hydrogen-bond acceptors (Lipinski definition) is 4. The third kappa shape index (κ3) is 3.88. The molecule has 0 bridgehead atoms. The summed E-state index contributed by atoms with van der Waals surface area (Å²) < 4.78 is 81.4. The van der Waals surface area contributed by atoms with Gasteiger partial charge in [0.1, 0.15) is 5.69 Å². The molecule has 0 aliphatic rings. The van der Waals surface area contributed by atoms with Crippen LogP contribution < -0.4 is 9.47 Å². The summed E-state index contributed by atoms with van der Waals surface area (Å²) in [6, 6.07) is 0.254. The predicted molar refractivity (Wildman–Crippen MR) is 48.4 cm³/mol. The highest BCUT2D eigenvalue weighted by Crippen LogP contribution is 2.38. The zero-order chi connectivity index (χ0) is 14.8. The minimum atomic E-state index is -5.15. The van der Waals surface area contributed by atoms with Crippen LogP contribution in [0.3, 0.4) is 0 Å². The van der Waals surface area contributed by atoms with Crippen LogP contribution in [0.25, 0.3) is 0 Å². The average Bonchev–Trinajstić information content (AvgIpc) is 2.25. The van der Waals surface area contributed by atoms with Crippen molar-refractivity contribution < 1.29 is 40.9 Å². The van der Waals surface area contributed by atoms with Gasteiger partial charge in [0.05, 0.1) is 13.7 Å². The van der Waals surface area contributed by atoms with E-state index in [0.717, 1.165) is 7.11 Å². The molecule has 0 radical (unpaired) electrons. The molecule has 0 aliphatic carbocycles. The Hall–Kier alpha value is -1.71. The van der Waals surface area contributed by atoms with Gasteiger partial charge in [-0.1, -0.05) is 0 Å². The molecule has 1 heterocycles. The fraction of sp³-hybridized carbons (Fsp3) is 0.444. The number of rotatable bonds is 3. The number of alkyl halides is 6. The fourth-order valence-corrected chi connectivity index (χ4v) is 1.19. The minimum absolute atomic E-state index is 0.254. The monoisotopic (exact) mass is 291 g/mol. The third-order valence-electron chi connectivity index (χ3n) is 1.89. The second-order valence-corrected chi connectivity index (χ2v) is 3.21. The van der Waals surface area contributed by atoms with Gasteiger partial charge in [-0.25, -0.2) is 4.98 Å². The topological polar surface area (TPSA) is 51.6 Å². The lowest BCUT2D eigenvalue weighted by atomic mass is 10.2. The summed E-state index contributed by atoms with van der Waals surface area (Å²) in [5.41, 5.74) is -2.24. The van der Waals surface area contributed by atoms with E-state index in [4.69, 9.17) is 5.11 Å². The first-order valence-electron chi connectivity index (χ1n) is 4.60. The molecule has 0 spiro atoms. The highest BCUT2D eigenvalue weighted by atomic mass is 19.4. The van der Waals surface area contributed by atoms with Crippen LogP contribution >= 0.6 is 0 Å². The minimum Gasteiger partial charge on any atom is -0.478 e.